The van der Waals surface area contributed by atoms with Gasteiger partial charge in [-0.2, -0.15) is 0 Å². The Labute approximate surface area is 113 Å². The second-order valence-electron chi connectivity index (χ2n) is 6.43. The average molecular weight is 253 g/mol. The third-order valence-corrected chi connectivity index (χ3v) is 5.56. The first-order valence-corrected chi connectivity index (χ1v) is 7.80. The van der Waals surface area contributed by atoms with Crippen LogP contribution < -0.4 is 5.73 Å². The Morgan fingerprint density at radius 1 is 1.22 bits per heavy atom. The van der Waals surface area contributed by atoms with E-state index in [9.17, 15) is 0 Å². The van der Waals surface area contributed by atoms with E-state index in [-0.39, 0.29) is 0 Å². The maximum Gasteiger partial charge on any atom is 0.0335 e. The maximum absolute atomic E-state index is 6.18. The SMILES string of the molecule is CCC1CCC(CN)(N2CCN(C)C(CC)C2)C1. The lowest BCUT2D eigenvalue weighted by atomic mass is 9.91. The first kappa shape index (κ1) is 14.3. The monoisotopic (exact) mass is 253 g/mol. The van der Waals surface area contributed by atoms with Gasteiger partial charge < -0.3 is 10.6 Å². The first-order valence-electron chi connectivity index (χ1n) is 7.80. The summed E-state index contributed by atoms with van der Waals surface area (Å²) in [6, 6.07) is 0.725. The van der Waals surface area contributed by atoms with E-state index in [1.807, 2.05) is 0 Å². The molecule has 2 rings (SSSR count). The van der Waals surface area contributed by atoms with Crippen LogP contribution in [-0.4, -0.2) is 54.6 Å². The molecule has 1 saturated carbocycles. The van der Waals surface area contributed by atoms with Crippen molar-refractivity contribution in [2.24, 2.45) is 11.7 Å². The van der Waals surface area contributed by atoms with Gasteiger partial charge in [0.1, 0.15) is 0 Å². The fraction of sp³-hybridized carbons (Fsp3) is 1.00. The van der Waals surface area contributed by atoms with Crippen LogP contribution in [0, 0.1) is 5.92 Å². The molecular weight excluding hydrogens is 222 g/mol. The largest absolute Gasteiger partial charge is 0.329 e. The highest BCUT2D eigenvalue weighted by molar-refractivity contribution is 5.01. The predicted octanol–water partition coefficient (Wildman–Crippen LogP) is 1.92. The molecule has 2 aliphatic rings. The lowest BCUT2D eigenvalue weighted by Gasteiger charge is -2.48. The highest BCUT2D eigenvalue weighted by Crippen LogP contribution is 2.40. The minimum Gasteiger partial charge on any atom is -0.329 e. The Kier molecular flexibility index (Phi) is 4.68. The van der Waals surface area contributed by atoms with Crippen molar-refractivity contribution < 1.29 is 0 Å². The zero-order valence-corrected chi connectivity index (χ0v) is 12.5. The molecule has 2 N–H and O–H groups in total. The van der Waals surface area contributed by atoms with Crippen LogP contribution >= 0.6 is 0 Å². The maximum atomic E-state index is 6.18. The van der Waals surface area contributed by atoms with Crippen molar-refractivity contribution in [3.63, 3.8) is 0 Å². The standard InChI is InChI=1S/C15H31N3/c1-4-13-6-7-15(10-13,12-16)18-9-8-17(3)14(5-2)11-18/h13-14H,4-12,16H2,1-3H3. The fourth-order valence-electron chi connectivity index (χ4n) is 3.98. The van der Waals surface area contributed by atoms with Gasteiger partial charge in [0.15, 0.2) is 0 Å². The molecule has 3 nitrogen and oxygen atoms in total. The third kappa shape index (κ3) is 2.59. The molecule has 3 heteroatoms. The van der Waals surface area contributed by atoms with Crippen molar-refractivity contribution in [2.45, 2.75) is 57.5 Å². The van der Waals surface area contributed by atoms with E-state index in [4.69, 9.17) is 5.73 Å². The van der Waals surface area contributed by atoms with Crippen molar-refractivity contribution in [3.8, 4) is 0 Å². The zero-order valence-electron chi connectivity index (χ0n) is 12.5. The van der Waals surface area contributed by atoms with Gasteiger partial charge in [-0.15, -0.1) is 0 Å². The van der Waals surface area contributed by atoms with Gasteiger partial charge in [-0.25, -0.2) is 0 Å². The summed E-state index contributed by atoms with van der Waals surface area (Å²) in [5, 5.41) is 0. The molecule has 0 aromatic carbocycles. The molecule has 18 heavy (non-hydrogen) atoms. The molecule has 3 unspecified atom stereocenters. The minimum atomic E-state index is 0.329. The van der Waals surface area contributed by atoms with Crippen molar-refractivity contribution in [3.05, 3.63) is 0 Å². The van der Waals surface area contributed by atoms with Gasteiger partial charge in [0.05, 0.1) is 0 Å². The molecule has 1 aliphatic carbocycles. The van der Waals surface area contributed by atoms with Crippen LogP contribution in [0.15, 0.2) is 0 Å². The van der Waals surface area contributed by atoms with Crippen LogP contribution in [0.25, 0.3) is 0 Å². The van der Waals surface area contributed by atoms with E-state index in [2.05, 4.69) is 30.7 Å². The quantitative estimate of drug-likeness (QED) is 0.831. The van der Waals surface area contributed by atoms with E-state index in [0.29, 0.717) is 5.54 Å². The molecule has 3 atom stereocenters. The van der Waals surface area contributed by atoms with Gasteiger partial charge in [0.2, 0.25) is 0 Å². The number of nitrogens with two attached hydrogens (primary N) is 1. The van der Waals surface area contributed by atoms with Crippen LogP contribution in [0.2, 0.25) is 0 Å². The summed E-state index contributed by atoms with van der Waals surface area (Å²) in [4.78, 5) is 5.25. The molecule has 1 saturated heterocycles. The molecule has 0 bridgehead atoms. The van der Waals surface area contributed by atoms with Crippen LogP contribution in [0.1, 0.15) is 46.0 Å². The van der Waals surface area contributed by atoms with E-state index in [1.54, 1.807) is 0 Å². The summed E-state index contributed by atoms with van der Waals surface area (Å²) in [7, 11) is 2.27. The zero-order chi connectivity index (χ0) is 13.2. The molecular formula is C15H31N3. The minimum absolute atomic E-state index is 0.329. The second kappa shape index (κ2) is 5.89. The number of rotatable bonds is 4. The van der Waals surface area contributed by atoms with Crippen molar-refractivity contribution in [1.82, 2.24) is 9.80 Å². The number of hydrogen-bond acceptors (Lipinski definition) is 3. The lowest BCUT2D eigenvalue weighted by Crippen LogP contribution is -2.61. The van der Waals surface area contributed by atoms with E-state index in [0.717, 1.165) is 18.5 Å². The summed E-state index contributed by atoms with van der Waals surface area (Å²) in [5.74, 6) is 0.910. The van der Waals surface area contributed by atoms with E-state index >= 15 is 0 Å². The highest BCUT2D eigenvalue weighted by Gasteiger charge is 2.43. The molecule has 106 valence electrons. The average Bonchev–Trinajstić information content (AvgIpc) is 2.84. The lowest BCUT2D eigenvalue weighted by molar-refractivity contribution is 0.0128. The summed E-state index contributed by atoms with van der Waals surface area (Å²) < 4.78 is 0. The van der Waals surface area contributed by atoms with Gasteiger partial charge in [-0.1, -0.05) is 20.3 Å². The van der Waals surface area contributed by atoms with E-state index < -0.39 is 0 Å². The summed E-state index contributed by atoms with van der Waals surface area (Å²) in [5.41, 5.74) is 6.51. The second-order valence-corrected chi connectivity index (χ2v) is 6.43. The van der Waals surface area contributed by atoms with Crippen LogP contribution in [-0.2, 0) is 0 Å². The Bertz CT molecular complexity index is 268. The van der Waals surface area contributed by atoms with Gasteiger partial charge in [-0.3, -0.25) is 4.90 Å². The number of likely N-dealkylation sites (N-methyl/N-ethyl adjacent to an activating group) is 1. The Hall–Kier alpha value is -0.120. The fourth-order valence-corrected chi connectivity index (χ4v) is 3.98. The molecule has 0 radical (unpaired) electrons. The van der Waals surface area contributed by atoms with Crippen LogP contribution in [0.4, 0.5) is 0 Å². The Morgan fingerprint density at radius 2 is 2.00 bits per heavy atom. The van der Waals surface area contributed by atoms with Crippen molar-refractivity contribution in [1.29, 1.82) is 0 Å². The topological polar surface area (TPSA) is 32.5 Å². The van der Waals surface area contributed by atoms with E-state index in [1.165, 1.54) is 51.7 Å². The molecule has 1 heterocycles. The number of hydrogen-bond donors (Lipinski definition) is 1. The third-order valence-electron chi connectivity index (χ3n) is 5.56. The van der Waals surface area contributed by atoms with Gasteiger partial charge in [0.25, 0.3) is 0 Å². The van der Waals surface area contributed by atoms with Crippen LogP contribution in [0.5, 0.6) is 0 Å². The molecule has 1 aliphatic heterocycles. The predicted molar refractivity (Wildman–Crippen MR) is 77.7 cm³/mol. The number of piperazine rings is 1. The van der Waals surface area contributed by atoms with Crippen molar-refractivity contribution >= 4 is 0 Å². The molecule has 0 spiro atoms. The van der Waals surface area contributed by atoms with Crippen LogP contribution in [0.3, 0.4) is 0 Å². The smallest absolute Gasteiger partial charge is 0.0335 e. The summed E-state index contributed by atoms with van der Waals surface area (Å²) in [6.45, 7) is 9.13. The Balaban J connectivity index is 2.04. The van der Waals surface area contributed by atoms with Gasteiger partial charge in [0, 0.05) is 37.8 Å². The summed E-state index contributed by atoms with van der Waals surface area (Å²) in [6.07, 6.45) is 6.62. The molecule has 0 aromatic rings. The normalized spacial score (nSPS) is 39.3. The highest BCUT2D eigenvalue weighted by atomic mass is 15.3. The Morgan fingerprint density at radius 3 is 2.56 bits per heavy atom. The first-order chi connectivity index (χ1) is 8.65. The van der Waals surface area contributed by atoms with Gasteiger partial charge >= 0.3 is 0 Å². The molecule has 0 amide bonds. The van der Waals surface area contributed by atoms with Crippen molar-refractivity contribution in [2.75, 3.05) is 33.2 Å². The molecule has 2 fully saturated rings. The number of nitrogens with zero attached hydrogens (tertiary/aromatic N) is 2. The summed E-state index contributed by atoms with van der Waals surface area (Å²) >= 11 is 0. The molecule has 0 aromatic heterocycles. The van der Waals surface area contributed by atoms with Gasteiger partial charge in [-0.05, 0) is 38.6 Å².